The molecule has 0 aliphatic carbocycles. The zero-order chi connectivity index (χ0) is 16.8. The van der Waals surface area contributed by atoms with E-state index in [0.717, 1.165) is 18.4 Å². The molecule has 0 saturated carbocycles. The molecule has 6 nitrogen and oxygen atoms in total. The highest BCUT2D eigenvalue weighted by molar-refractivity contribution is 5.94. The van der Waals surface area contributed by atoms with Crippen molar-refractivity contribution >= 4 is 5.91 Å². The fraction of sp³-hybridized carbons (Fsp3) is 0.471. The molecule has 0 aliphatic heterocycles. The summed E-state index contributed by atoms with van der Waals surface area (Å²) in [6, 6.07) is 6.93. The second kappa shape index (κ2) is 7.87. The van der Waals surface area contributed by atoms with Crippen molar-refractivity contribution in [2.75, 3.05) is 6.54 Å². The molecule has 0 fully saturated rings. The highest BCUT2D eigenvalue weighted by Gasteiger charge is 2.17. The van der Waals surface area contributed by atoms with Crippen molar-refractivity contribution in [2.45, 2.75) is 39.7 Å². The smallest absolute Gasteiger partial charge is 0.251 e. The van der Waals surface area contributed by atoms with E-state index < -0.39 is 6.10 Å². The topological polar surface area (TPSA) is 88.2 Å². The molecule has 0 aliphatic rings. The van der Waals surface area contributed by atoms with Gasteiger partial charge in [-0.2, -0.15) is 0 Å². The molecule has 1 aromatic heterocycles. The zero-order valence-electron chi connectivity index (χ0n) is 13.7. The number of amides is 1. The lowest BCUT2D eigenvalue weighted by Gasteiger charge is -2.20. The lowest BCUT2D eigenvalue weighted by Crippen LogP contribution is -2.36. The normalized spacial score (nSPS) is 12.4. The highest BCUT2D eigenvalue weighted by atomic mass is 16.4. The van der Waals surface area contributed by atoms with Crippen LogP contribution in [0.1, 0.15) is 42.9 Å². The third kappa shape index (κ3) is 4.39. The SMILES string of the molecule is CCC(CC)C(O)CNC(=O)c1ccc(-c2nnc(C)o2)cc1. The molecule has 1 heterocycles. The standard InChI is InChI=1S/C17H23N3O3/c1-4-12(5-2)15(21)10-18-16(22)13-6-8-14(9-7-13)17-20-19-11(3)23-17/h6-9,12,15,21H,4-5,10H2,1-3H3,(H,18,22). The first-order valence-electron chi connectivity index (χ1n) is 7.91. The van der Waals surface area contributed by atoms with Crippen molar-refractivity contribution in [1.29, 1.82) is 0 Å². The van der Waals surface area contributed by atoms with Gasteiger partial charge in [0.15, 0.2) is 0 Å². The molecule has 2 aromatic rings. The maximum Gasteiger partial charge on any atom is 0.251 e. The van der Waals surface area contributed by atoms with E-state index in [0.29, 0.717) is 17.3 Å². The molecule has 1 unspecified atom stereocenters. The van der Waals surface area contributed by atoms with Gasteiger partial charge in [-0.25, -0.2) is 0 Å². The van der Waals surface area contributed by atoms with Crippen LogP contribution in [-0.2, 0) is 0 Å². The first kappa shape index (κ1) is 17.1. The largest absolute Gasteiger partial charge is 0.421 e. The number of carbonyl (C=O) groups is 1. The van der Waals surface area contributed by atoms with E-state index in [-0.39, 0.29) is 18.4 Å². The highest BCUT2D eigenvalue weighted by Crippen LogP contribution is 2.18. The van der Waals surface area contributed by atoms with Crippen LogP contribution in [-0.4, -0.2) is 33.9 Å². The molecule has 1 atom stereocenters. The maximum atomic E-state index is 12.1. The van der Waals surface area contributed by atoms with Crippen molar-refractivity contribution in [3.63, 3.8) is 0 Å². The summed E-state index contributed by atoms with van der Waals surface area (Å²) in [6.45, 7) is 6.06. The number of aromatic nitrogens is 2. The summed E-state index contributed by atoms with van der Waals surface area (Å²) in [6.07, 6.45) is 1.27. The van der Waals surface area contributed by atoms with Crippen LogP contribution in [0.25, 0.3) is 11.5 Å². The van der Waals surface area contributed by atoms with Gasteiger partial charge >= 0.3 is 0 Å². The Hall–Kier alpha value is -2.21. The average molecular weight is 317 g/mol. The number of aryl methyl sites for hydroxylation is 1. The van der Waals surface area contributed by atoms with E-state index in [9.17, 15) is 9.90 Å². The van der Waals surface area contributed by atoms with Crippen molar-refractivity contribution in [1.82, 2.24) is 15.5 Å². The fourth-order valence-corrected chi connectivity index (χ4v) is 2.48. The monoisotopic (exact) mass is 317 g/mol. The van der Waals surface area contributed by atoms with E-state index in [2.05, 4.69) is 15.5 Å². The summed E-state index contributed by atoms with van der Waals surface area (Å²) in [7, 11) is 0. The molecule has 2 N–H and O–H groups in total. The van der Waals surface area contributed by atoms with E-state index in [4.69, 9.17) is 4.42 Å². The minimum Gasteiger partial charge on any atom is -0.421 e. The van der Waals surface area contributed by atoms with Crippen molar-refractivity contribution in [3.8, 4) is 11.5 Å². The molecule has 1 aromatic carbocycles. The van der Waals surface area contributed by atoms with Crippen LogP contribution in [0.2, 0.25) is 0 Å². The molecule has 6 heteroatoms. The number of rotatable bonds is 7. The van der Waals surface area contributed by atoms with Crippen LogP contribution in [0.15, 0.2) is 28.7 Å². The molecule has 2 rings (SSSR count). The van der Waals surface area contributed by atoms with Gasteiger partial charge in [0.2, 0.25) is 11.8 Å². The van der Waals surface area contributed by atoms with E-state index >= 15 is 0 Å². The van der Waals surface area contributed by atoms with E-state index in [1.807, 2.05) is 13.8 Å². The molecule has 124 valence electrons. The van der Waals surface area contributed by atoms with Gasteiger partial charge < -0.3 is 14.8 Å². The number of benzene rings is 1. The van der Waals surface area contributed by atoms with Gasteiger partial charge in [0.05, 0.1) is 6.10 Å². The first-order valence-corrected chi connectivity index (χ1v) is 7.91. The Bertz CT molecular complexity index is 633. The average Bonchev–Trinajstić information content (AvgIpc) is 3.00. The molecule has 0 saturated heterocycles. The van der Waals surface area contributed by atoms with Gasteiger partial charge in [-0.1, -0.05) is 26.7 Å². The van der Waals surface area contributed by atoms with Crippen LogP contribution in [0, 0.1) is 12.8 Å². The Balaban J connectivity index is 1.95. The van der Waals surface area contributed by atoms with Crippen LogP contribution in [0.4, 0.5) is 0 Å². The van der Waals surface area contributed by atoms with Gasteiger partial charge in [-0.05, 0) is 30.2 Å². The van der Waals surface area contributed by atoms with Gasteiger partial charge in [0.25, 0.3) is 5.91 Å². The predicted octanol–water partition coefficient (Wildman–Crippen LogP) is 2.57. The number of hydrogen-bond acceptors (Lipinski definition) is 5. The summed E-state index contributed by atoms with van der Waals surface area (Å²) in [5.74, 6) is 0.928. The number of nitrogens with zero attached hydrogens (tertiary/aromatic N) is 2. The Labute approximate surface area is 135 Å². The number of nitrogens with one attached hydrogen (secondary N) is 1. The van der Waals surface area contributed by atoms with Crippen LogP contribution >= 0.6 is 0 Å². The van der Waals surface area contributed by atoms with Gasteiger partial charge in [-0.15, -0.1) is 10.2 Å². The Morgan fingerprint density at radius 1 is 1.22 bits per heavy atom. The summed E-state index contributed by atoms with van der Waals surface area (Å²) >= 11 is 0. The lowest BCUT2D eigenvalue weighted by molar-refractivity contribution is 0.0816. The summed E-state index contributed by atoms with van der Waals surface area (Å²) in [5, 5.41) is 20.5. The van der Waals surface area contributed by atoms with Gasteiger partial charge in [0.1, 0.15) is 0 Å². The predicted molar refractivity (Wildman–Crippen MR) is 86.9 cm³/mol. The number of aliphatic hydroxyl groups is 1. The first-order chi connectivity index (χ1) is 11.0. The van der Waals surface area contributed by atoms with Crippen LogP contribution < -0.4 is 5.32 Å². The summed E-state index contributed by atoms with van der Waals surface area (Å²) < 4.78 is 5.34. The third-order valence-corrected chi connectivity index (χ3v) is 3.98. The maximum absolute atomic E-state index is 12.1. The lowest BCUT2D eigenvalue weighted by atomic mass is 9.96. The van der Waals surface area contributed by atoms with Gasteiger partial charge in [-0.3, -0.25) is 4.79 Å². The minimum absolute atomic E-state index is 0.205. The van der Waals surface area contributed by atoms with E-state index in [1.165, 1.54) is 0 Å². The minimum atomic E-state index is -0.519. The molecular formula is C17H23N3O3. The van der Waals surface area contributed by atoms with Crippen LogP contribution in [0.3, 0.4) is 0 Å². The quantitative estimate of drug-likeness (QED) is 0.819. The molecule has 0 spiro atoms. The van der Waals surface area contributed by atoms with Crippen molar-refractivity contribution < 1.29 is 14.3 Å². The zero-order valence-corrected chi connectivity index (χ0v) is 13.7. The van der Waals surface area contributed by atoms with Crippen molar-refractivity contribution in [2.24, 2.45) is 5.92 Å². The Morgan fingerprint density at radius 2 is 1.87 bits per heavy atom. The third-order valence-electron chi connectivity index (χ3n) is 3.98. The summed E-state index contributed by atoms with van der Waals surface area (Å²) in [4.78, 5) is 12.1. The molecular weight excluding hydrogens is 294 g/mol. The Kier molecular flexibility index (Phi) is 5.87. The number of hydrogen-bond donors (Lipinski definition) is 2. The molecule has 1 amide bonds. The van der Waals surface area contributed by atoms with Crippen LogP contribution in [0.5, 0.6) is 0 Å². The van der Waals surface area contributed by atoms with E-state index in [1.54, 1.807) is 31.2 Å². The second-order valence-corrected chi connectivity index (χ2v) is 5.56. The second-order valence-electron chi connectivity index (χ2n) is 5.56. The Morgan fingerprint density at radius 3 is 2.39 bits per heavy atom. The number of aliphatic hydroxyl groups excluding tert-OH is 1. The van der Waals surface area contributed by atoms with Crippen molar-refractivity contribution in [3.05, 3.63) is 35.7 Å². The molecule has 0 bridgehead atoms. The summed E-state index contributed by atoms with van der Waals surface area (Å²) in [5.41, 5.74) is 1.29. The number of carbonyl (C=O) groups excluding carboxylic acids is 1. The molecule has 0 radical (unpaired) electrons. The molecule has 23 heavy (non-hydrogen) atoms. The fourth-order valence-electron chi connectivity index (χ4n) is 2.48. The van der Waals surface area contributed by atoms with Gasteiger partial charge in [0, 0.05) is 24.6 Å².